The summed E-state index contributed by atoms with van der Waals surface area (Å²) in [5, 5.41) is 10.4. The van der Waals surface area contributed by atoms with Gasteiger partial charge in [-0.25, -0.2) is 8.42 Å². The van der Waals surface area contributed by atoms with E-state index in [2.05, 4.69) is 15.5 Å². The topological polar surface area (TPSA) is 101 Å². The van der Waals surface area contributed by atoms with Crippen molar-refractivity contribution in [1.29, 1.82) is 0 Å². The van der Waals surface area contributed by atoms with Gasteiger partial charge in [-0.2, -0.15) is 4.31 Å². The Balaban J connectivity index is 1.68. The highest BCUT2D eigenvalue weighted by atomic mass is 32.2. The minimum atomic E-state index is -3.67. The van der Waals surface area contributed by atoms with Crippen LogP contribution in [0, 0.1) is 0 Å². The highest BCUT2D eigenvalue weighted by molar-refractivity contribution is 7.91. The number of ether oxygens (including phenoxy) is 1. The molecule has 10 heteroatoms. The quantitative estimate of drug-likeness (QED) is 0.735. The smallest absolute Gasteiger partial charge is 0.272 e. The van der Waals surface area contributed by atoms with Crippen molar-refractivity contribution < 1.29 is 17.9 Å². The van der Waals surface area contributed by atoms with Crippen molar-refractivity contribution in [2.45, 2.75) is 36.9 Å². The molecule has 3 rings (SSSR count). The second-order valence-electron chi connectivity index (χ2n) is 6.10. The molecular weight excluding hydrogens is 388 g/mol. The van der Waals surface area contributed by atoms with Crippen LogP contribution in [-0.2, 0) is 10.0 Å². The summed E-state index contributed by atoms with van der Waals surface area (Å²) >= 11 is 0.866. The van der Waals surface area contributed by atoms with Crippen LogP contribution in [0.2, 0.25) is 0 Å². The molecule has 1 aliphatic heterocycles. The average molecular weight is 411 g/mol. The zero-order chi connectivity index (χ0) is 19.3. The Hall–Kier alpha value is -2.04. The van der Waals surface area contributed by atoms with Crippen molar-refractivity contribution in [2.75, 3.05) is 25.0 Å². The lowest BCUT2D eigenvalue weighted by Gasteiger charge is -2.17. The van der Waals surface area contributed by atoms with Gasteiger partial charge in [0, 0.05) is 18.7 Å². The van der Waals surface area contributed by atoms with Gasteiger partial charge >= 0.3 is 0 Å². The molecule has 0 radical (unpaired) electrons. The van der Waals surface area contributed by atoms with E-state index in [4.69, 9.17) is 4.74 Å². The lowest BCUT2D eigenvalue weighted by molar-refractivity contribution is 0.102. The highest BCUT2D eigenvalue weighted by Gasteiger charge is 2.29. The highest BCUT2D eigenvalue weighted by Crippen LogP contribution is 2.25. The van der Waals surface area contributed by atoms with Crippen molar-refractivity contribution >= 4 is 32.4 Å². The number of aromatic nitrogens is 2. The zero-order valence-electron chi connectivity index (χ0n) is 15.1. The summed E-state index contributed by atoms with van der Waals surface area (Å²) < 4.78 is 32.1. The van der Waals surface area contributed by atoms with Crippen LogP contribution in [0.3, 0.4) is 0 Å². The molecule has 0 atom stereocenters. The zero-order valence-corrected chi connectivity index (χ0v) is 16.7. The number of anilines is 1. The fourth-order valence-electron chi connectivity index (χ4n) is 2.80. The number of nitrogens with zero attached hydrogens (tertiary/aromatic N) is 3. The number of hydrogen-bond donors (Lipinski definition) is 1. The summed E-state index contributed by atoms with van der Waals surface area (Å²) in [5.74, 6) is 0.295. The van der Waals surface area contributed by atoms with Crippen molar-refractivity contribution in [3.05, 3.63) is 29.8 Å². The van der Waals surface area contributed by atoms with E-state index in [9.17, 15) is 13.2 Å². The first-order chi connectivity index (χ1) is 13.0. The monoisotopic (exact) mass is 410 g/mol. The Kier molecular flexibility index (Phi) is 6.40. The van der Waals surface area contributed by atoms with Crippen LogP contribution in [0.25, 0.3) is 0 Å². The number of amides is 1. The minimum absolute atomic E-state index is 0.0913. The predicted octanol–water partition coefficient (Wildman–Crippen LogP) is 2.75. The van der Waals surface area contributed by atoms with Crippen LogP contribution < -0.4 is 10.1 Å². The summed E-state index contributed by atoms with van der Waals surface area (Å²) in [7, 11) is -3.67. The Bertz CT molecular complexity index is 873. The van der Waals surface area contributed by atoms with E-state index in [0.29, 0.717) is 31.0 Å². The average Bonchev–Trinajstić information content (AvgIpc) is 2.95. The van der Waals surface area contributed by atoms with Gasteiger partial charge in [-0.15, -0.1) is 10.2 Å². The van der Waals surface area contributed by atoms with Crippen LogP contribution in [-0.4, -0.2) is 48.5 Å². The third-order valence-corrected chi connectivity index (χ3v) is 7.26. The molecule has 0 spiro atoms. The fourth-order valence-corrected chi connectivity index (χ4v) is 5.35. The molecule has 1 fully saturated rings. The normalized spacial score (nSPS) is 15.9. The number of sulfonamides is 1. The fraction of sp³-hybridized carbons (Fsp3) is 0.471. The van der Waals surface area contributed by atoms with Gasteiger partial charge in [-0.1, -0.05) is 24.2 Å². The van der Waals surface area contributed by atoms with E-state index < -0.39 is 10.0 Å². The van der Waals surface area contributed by atoms with E-state index in [0.717, 1.165) is 37.0 Å². The SMILES string of the molecule is CCOc1ccc(C(=O)Nc2nnc(S(=O)(=O)N3CCCCCC3)s2)cc1. The van der Waals surface area contributed by atoms with Crippen molar-refractivity contribution in [2.24, 2.45) is 0 Å². The summed E-state index contributed by atoms with van der Waals surface area (Å²) in [4.78, 5) is 12.3. The number of hydrogen-bond acceptors (Lipinski definition) is 7. The largest absolute Gasteiger partial charge is 0.494 e. The van der Waals surface area contributed by atoms with E-state index in [1.54, 1.807) is 24.3 Å². The van der Waals surface area contributed by atoms with E-state index >= 15 is 0 Å². The summed E-state index contributed by atoms with van der Waals surface area (Å²) in [5.41, 5.74) is 0.422. The summed E-state index contributed by atoms with van der Waals surface area (Å²) in [6.07, 6.45) is 3.76. The van der Waals surface area contributed by atoms with Crippen molar-refractivity contribution in [1.82, 2.24) is 14.5 Å². The van der Waals surface area contributed by atoms with E-state index in [1.807, 2.05) is 6.92 Å². The standard InChI is InChI=1S/C17H22N4O4S2/c1-2-25-14-9-7-13(8-10-14)15(22)18-16-19-20-17(26-16)27(23,24)21-11-5-3-4-6-12-21/h7-10H,2-6,11-12H2,1H3,(H,18,19,22). The number of carbonyl (C=O) groups is 1. The van der Waals surface area contributed by atoms with E-state index in [-0.39, 0.29) is 15.4 Å². The van der Waals surface area contributed by atoms with Crippen LogP contribution in [0.1, 0.15) is 43.0 Å². The van der Waals surface area contributed by atoms with Crippen molar-refractivity contribution in [3.8, 4) is 5.75 Å². The molecular formula is C17H22N4O4S2. The van der Waals surface area contributed by atoms with Gasteiger partial charge < -0.3 is 4.74 Å². The van der Waals surface area contributed by atoms with Crippen LogP contribution >= 0.6 is 11.3 Å². The molecule has 0 unspecified atom stereocenters. The summed E-state index contributed by atoms with van der Waals surface area (Å²) in [6.45, 7) is 3.42. The Morgan fingerprint density at radius 3 is 2.44 bits per heavy atom. The third kappa shape index (κ3) is 4.82. The van der Waals surface area contributed by atoms with Gasteiger partial charge in [-0.05, 0) is 44.0 Å². The minimum Gasteiger partial charge on any atom is -0.494 e. The van der Waals surface area contributed by atoms with Gasteiger partial charge in [0.1, 0.15) is 5.75 Å². The maximum atomic E-state index is 12.7. The number of nitrogens with one attached hydrogen (secondary N) is 1. The molecule has 0 saturated carbocycles. The molecule has 146 valence electrons. The Morgan fingerprint density at radius 1 is 1.15 bits per heavy atom. The maximum Gasteiger partial charge on any atom is 0.272 e. The van der Waals surface area contributed by atoms with Gasteiger partial charge in [-0.3, -0.25) is 10.1 Å². The first-order valence-corrected chi connectivity index (χ1v) is 11.1. The van der Waals surface area contributed by atoms with Crippen LogP contribution in [0.15, 0.2) is 28.6 Å². The predicted molar refractivity (Wildman–Crippen MR) is 103 cm³/mol. The summed E-state index contributed by atoms with van der Waals surface area (Å²) in [6, 6.07) is 6.67. The van der Waals surface area contributed by atoms with Crippen LogP contribution in [0.4, 0.5) is 5.13 Å². The second-order valence-corrected chi connectivity index (χ2v) is 9.19. The molecule has 0 aliphatic carbocycles. The molecule has 1 amide bonds. The second kappa shape index (κ2) is 8.77. The lowest BCUT2D eigenvalue weighted by atomic mass is 10.2. The number of rotatable bonds is 6. The van der Waals surface area contributed by atoms with Gasteiger partial charge in [0.2, 0.25) is 9.47 Å². The van der Waals surface area contributed by atoms with Gasteiger partial charge in [0.25, 0.3) is 15.9 Å². The molecule has 2 aromatic rings. The molecule has 0 bridgehead atoms. The molecule has 1 aromatic heterocycles. The molecule has 2 heterocycles. The first kappa shape index (κ1) is 19.7. The van der Waals surface area contributed by atoms with E-state index in [1.165, 1.54) is 4.31 Å². The van der Waals surface area contributed by atoms with Crippen molar-refractivity contribution in [3.63, 3.8) is 0 Å². The maximum absolute atomic E-state index is 12.7. The first-order valence-electron chi connectivity index (χ1n) is 8.88. The van der Waals surface area contributed by atoms with Gasteiger partial charge in [0.05, 0.1) is 6.61 Å². The van der Waals surface area contributed by atoms with Crippen LogP contribution in [0.5, 0.6) is 5.75 Å². The third-order valence-electron chi connectivity index (χ3n) is 4.18. The number of benzene rings is 1. The Morgan fingerprint density at radius 2 is 1.81 bits per heavy atom. The lowest BCUT2D eigenvalue weighted by Crippen LogP contribution is -2.31. The Labute approximate surface area is 162 Å². The number of carbonyl (C=O) groups excluding carboxylic acids is 1. The molecule has 27 heavy (non-hydrogen) atoms. The molecule has 1 aromatic carbocycles. The molecule has 1 N–H and O–H groups in total. The molecule has 1 aliphatic rings. The molecule has 1 saturated heterocycles. The van der Waals surface area contributed by atoms with Gasteiger partial charge in [0.15, 0.2) is 0 Å². The molecule has 8 nitrogen and oxygen atoms in total.